The number of ether oxygens (including phenoxy) is 2. The minimum atomic E-state index is 0.0183. The lowest BCUT2D eigenvalue weighted by molar-refractivity contribution is 0.277. The molecule has 0 radical (unpaired) electrons. The highest BCUT2D eigenvalue weighted by Crippen LogP contribution is 2.28. The second-order valence-corrected chi connectivity index (χ2v) is 2.99. The van der Waals surface area contributed by atoms with E-state index in [1.807, 2.05) is 26.0 Å². The average molecular weight is 226 g/mol. The van der Waals surface area contributed by atoms with E-state index in [2.05, 4.69) is 6.92 Å². The van der Waals surface area contributed by atoms with Gasteiger partial charge in [-0.2, -0.15) is 0 Å². The van der Waals surface area contributed by atoms with E-state index in [4.69, 9.17) is 14.6 Å². The minimum absolute atomic E-state index is 0.0183. The van der Waals surface area contributed by atoms with Crippen LogP contribution in [0.4, 0.5) is 0 Å². The van der Waals surface area contributed by atoms with Crippen molar-refractivity contribution in [3.63, 3.8) is 0 Å². The molecule has 92 valence electrons. The van der Waals surface area contributed by atoms with Gasteiger partial charge >= 0.3 is 0 Å². The van der Waals surface area contributed by atoms with Crippen LogP contribution in [-0.4, -0.2) is 18.8 Å². The van der Waals surface area contributed by atoms with E-state index >= 15 is 0 Å². The van der Waals surface area contributed by atoms with E-state index in [1.165, 1.54) is 0 Å². The molecule has 3 heteroatoms. The standard InChI is InChI=1S/C11H16O3.C2H6/c1-3-6-14-10-5-4-9(8-12)7-11(10)13-2;1-2/h4-5,7,12H,3,6,8H2,1-2H3;1-2H3. The van der Waals surface area contributed by atoms with Crippen molar-refractivity contribution in [3.8, 4) is 11.5 Å². The normalized spacial score (nSPS) is 9.06. The third-order valence-corrected chi connectivity index (χ3v) is 1.87. The van der Waals surface area contributed by atoms with Gasteiger partial charge in [0.2, 0.25) is 0 Å². The third kappa shape index (κ3) is 4.53. The van der Waals surface area contributed by atoms with Crippen LogP contribution in [0.15, 0.2) is 18.2 Å². The predicted molar refractivity (Wildman–Crippen MR) is 66.1 cm³/mol. The molecule has 0 amide bonds. The van der Waals surface area contributed by atoms with Crippen LogP contribution in [-0.2, 0) is 6.61 Å². The van der Waals surface area contributed by atoms with Crippen molar-refractivity contribution < 1.29 is 14.6 Å². The Balaban J connectivity index is 0.00000106. The summed E-state index contributed by atoms with van der Waals surface area (Å²) in [4.78, 5) is 0. The fourth-order valence-electron chi connectivity index (χ4n) is 1.14. The summed E-state index contributed by atoms with van der Waals surface area (Å²) in [7, 11) is 1.59. The number of methoxy groups -OCH3 is 1. The van der Waals surface area contributed by atoms with Gasteiger partial charge in [-0.15, -0.1) is 0 Å². The molecule has 0 aromatic heterocycles. The SMILES string of the molecule is CC.CCCOc1ccc(CO)cc1OC. The van der Waals surface area contributed by atoms with Gasteiger partial charge in [0.15, 0.2) is 11.5 Å². The molecular weight excluding hydrogens is 204 g/mol. The Hall–Kier alpha value is -1.22. The summed E-state index contributed by atoms with van der Waals surface area (Å²) in [6.07, 6.45) is 0.963. The van der Waals surface area contributed by atoms with Crippen molar-refractivity contribution in [1.29, 1.82) is 0 Å². The quantitative estimate of drug-likeness (QED) is 0.838. The Morgan fingerprint density at radius 2 is 1.88 bits per heavy atom. The fourth-order valence-corrected chi connectivity index (χ4v) is 1.14. The molecular formula is C13H22O3. The largest absolute Gasteiger partial charge is 0.493 e. The van der Waals surface area contributed by atoms with E-state index in [0.29, 0.717) is 12.4 Å². The van der Waals surface area contributed by atoms with Crippen LogP contribution in [0.2, 0.25) is 0 Å². The monoisotopic (exact) mass is 226 g/mol. The zero-order valence-electron chi connectivity index (χ0n) is 10.6. The van der Waals surface area contributed by atoms with Gasteiger partial charge in [0.05, 0.1) is 20.3 Å². The maximum atomic E-state index is 8.93. The maximum absolute atomic E-state index is 8.93. The predicted octanol–water partition coefficient (Wildman–Crippen LogP) is 3.00. The summed E-state index contributed by atoms with van der Waals surface area (Å²) < 4.78 is 10.6. The molecule has 0 bridgehead atoms. The van der Waals surface area contributed by atoms with E-state index in [1.54, 1.807) is 13.2 Å². The van der Waals surface area contributed by atoms with E-state index in [9.17, 15) is 0 Å². The third-order valence-electron chi connectivity index (χ3n) is 1.87. The fraction of sp³-hybridized carbons (Fsp3) is 0.538. The topological polar surface area (TPSA) is 38.7 Å². The molecule has 0 spiro atoms. The summed E-state index contributed by atoms with van der Waals surface area (Å²) in [6, 6.07) is 5.43. The van der Waals surface area contributed by atoms with Crippen molar-refractivity contribution in [2.24, 2.45) is 0 Å². The number of aliphatic hydroxyl groups is 1. The number of rotatable bonds is 5. The molecule has 1 rings (SSSR count). The Labute approximate surface area is 98.0 Å². The van der Waals surface area contributed by atoms with Crippen LogP contribution in [0.5, 0.6) is 11.5 Å². The van der Waals surface area contributed by atoms with Gasteiger partial charge in [-0.05, 0) is 24.1 Å². The number of hydrogen-bond acceptors (Lipinski definition) is 3. The summed E-state index contributed by atoms with van der Waals surface area (Å²) >= 11 is 0. The first-order valence-electron chi connectivity index (χ1n) is 5.72. The van der Waals surface area contributed by atoms with Crippen LogP contribution < -0.4 is 9.47 Å². The molecule has 1 N–H and O–H groups in total. The second-order valence-electron chi connectivity index (χ2n) is 2.99. The molecule has 1 aromatic rings. The molecule has 0 saturated heterocycles. The van der Waals surface area contributed by atoms with Crippen molar-refractivity contribution in [2.45, 2.75) is 33.8 Å². The Morgan fingerprint density at radius 3 is 2.38 bits per heavy atom. The molecule has 0 atom stereocenters. The lowest BCUT2D eigenvalue weighted by Gasteiger charge is -2.10. The van der Waals surface area contributed by atoms with Crippen LogP contribution in [0, 0.1) is 0 Å². The first kappa shape index (κ1) is 14.8. The van der Waals surface area contributed by atoms with Crippen LogP contribution in [0.1, 0.15) is 32.8 Å². The van der Waals surface area contributed by atoms with Gasteiger partial charge < -0.3 is 14.6 Å². The summed E-state index contributed by atoms with van der Waals surface area (Å²) in [5.74, 6) is 1.40. The molecule has 0 heterocycles. The smallest absolute Gasteiger partial charge is 0.161 e. The Morgan fingerprint density at radius 1 is 1.19 bits per heavy atom. The highest BCUT2D eigenvalue weighted by atomic mass is 16.5. The van der Waals surface area contributed by atoms with Gasteiger partial charge in [0.25, 0.3) is 0 Å². The van der Waals surface area contributed by atoms with E-state index in [-0.39, 0.29) is 6.61 Å². The summed E-state index contributed by atoms with van der Waals surface area (Å²) in [6.45, 7) is 6.74. The Kier molecular flexibility index (Phi) is 8.35. The average Bonchev–Trinajstić information content (AvgIpc) is 2.38. The maximum Gasteiger partial charge on any atom is 0.161 e. The highest BCUT2D eigenvalue weighted by Gasteiger charge is 2.04. The lowest BCUT2D eigenvalue weighted by atomic mass is 10.2. The van der Waals surface area contributed by atoms with Crippen LogP contribution in [0.25, 0.3) is 0 Å². The van der Waals surface area contributed by atoms with Crippen molar-refractivity contribution in [1.82, 2.24) is 0 Å². The van der Waals surface area contributed by atoms with Crippen LogP contribution >= 0.6 is 0 Å². The zero-order valence-corrected chi connectivity index (χ0v) is 10.6. The number of hydrogen-bond donors (Lipinski definition) is 1. The molecule has 0 saturated carbocycles. The molecule has 0 fully saturated rings. The van der Waals surface area contributed by atoms with Gasteiger partial charge in [-0.3, -0.25) is 0 Å². The molecule has 0 aliphatic rings. The van der Waals surface area contributed by atoms with Crippen molar-refractivity contribution in [2.75, 3.05) is 13.7 Å². The molecule has 16 heavy (non-hydrogen) atoms. The minimum Gasteiger partial charge on any atom is -0.493 e. The summed E-state index contributed by atoms with van der Waals surface area (Å²) in [5.41, 5.74) is 0.825. The van der Waals surface area contributed by atoms with Gasteiger partial charge in [0.1, 0.15) is 0 Å². The van der Waals surface area contributed by atoms with Gasteiger partial charge in [0, 0.05) is 0 Å². The zero-order chi connectivity index (χ0) is 12.4. The highest BCUT2D eigenvalue weighted by molar-refractivity contribution is 5.42. The molecule has 0 aliphatic carbocycles. The van der Waals surface area contributed by atoms with Gasteiger partial charge in [-0.25, -0.2) is 0 Å². The van der Waals surface area contributed by atoms with E-state index < -0.39 is 0 Å². The lowest BCUT2D eigenvalue weighted by Crippen LogP contribution is -1.98. The molecule has 0 unspecified atom stereocenters. The second kappa shape index (κ2) is 9.04. The Bertz CT molecular complexity index is 285. The first-order chi connectivity index (χ1) is 7.81. The number of aliphatic hydroxyl groups excluding tert-OH is 1. The van der Waals surface area contributed by atoms with Crippen molar-refractivity contribution >= 4 is 0 Å². The van der Waals surface area contributed by atoms with E-state index in [0.717, 1.165) is 17.7 Å². The first-order valence-corrected chi connectivity index (χ1v) is 5.72. The number of benzene rings is 1. The summed E-state index contributed by atoms with van der Waals surface area (Å²) in [5, 5.41) is 8.93. The van der Waals surface area contributed by atoms with Crippen LogP contribution in [0.3, 0.4) is 0 Å². The van der Waals surface area contributed by atoms with Crippen molar-refractivity contribution in [3.05, 3.63) is 23.8 Å². The van der Waals surface area contributed by atoms with Gasteiger partial charge in [-0.1, -0.05) is 26.8 Å². The molecule has 3 nitrogen and oxygen atoms in total. The molecule has 1 aromatic carbocycles. The molecule has 0 aliphatic heterocycles.